The van der Waals surface area contributed by atoms with Gasteiger partial charge in [0.05, 0.1) is 6.20 Å². The molecule has 0 radical (unpaired) electrons. The molecule has 1 amide bonds. The highest BCUT2D eigenvalue weighted by Crippen LogP contribution is 2.15. The molecule has 6 heteroatoms. The minimum atomic E-state index is 0.0504. The Morgan fingerprint density at radius 3 is 2.89 bits per heavy atom. The number of anilines is 1. The van der Waals surface area contributed by atoms with Gasteiger partial charge in [-0.15, -0.1) is 0 Å². The predicted molar refractivity (Wildman–Crippen MR) is 67.1 cm³/mol. The van der Waals surface area contributed by atoms with Gasteiger partial charge in [0.1, 0.15) is 5.82 Å². The first-order chi connectivity index (χ1) is 8.70. The van der Waals surface area contributed by atoms with E-state index in [2.05, 4.69) is 14.9 Å². The van der Waals surface area contributed by atoms with E-state index in [1.54, 1.807) is 30.4 Å². The number of aliphatic hydroxyl groups excluding tert-OH is 1. The van der Waals surface area contributed by atoms with Gasteiger partial charge < -0.3 is 14.9 Å². The van der Waals surface area contributed by atoms with Gasteiger partial charge in [0.2, 0.25) is 5.91 Å². The summed E-state index contributed by atoms with van der Waals surface area (Å²) in [6.45, 7) is 4.30. The second kappa shape index (κ2) is 5.77. The average Bonchev–Trinajstić information content (AvgIpc) is 2.62. The first kappa shape index (κ1) is 12.8. The van der Waals surface area contributed by atoms with Crippen molar-refractivity contribution >= 4 is 11.7 Å². The summed E-state index contributed by atoms with van der Waals surface area (Å²) in [4.78, 5) is 23.6. The van der Waals surface area contributed by atoms with E-state index in [-0.39, 0.29) is 18.4 Å². The molecule has 18 heavy (non-hydrogen) atoms. The standard InChI is InChI=1S/C12H18N4O2/c1-10(18)15-4-5-16(8-11(7-15)9-17)12-6-13-2-3-14-12/h2-3,6,11,17H,4-5,7-9H2,1H3/t11-/m1/s1. The summed E-state index contributed by atoms with van der Waals surface area (Å²) in [5, 5.41) is 9.38. The number of carbonyl (C=O) groups excluding carboxylic acids is 1. The van der Waals surface area contributed by atoms with Gasteiger partial charge in [0.25, 0.3) is 0 Å². The number of nitrogens with zero attached hydrogens (tertiary/aromatic N) is 4. The molecule has 1 fully saturated rings. The first-order valence-corrected chi connectivity index (χ1v) is 6.08. The lowest BCUT2D eigenvalue weighted by Gasteiger charge is -2.23. The molecule has 1 aromatic heterocycles. The average molecular weight is 250 g/mol. The van der Waals surface area contributed by atoms with E-state index in [4.69, 9.17) is 0 Å². The first-order valence-electron chi connectivity index (χ1n) is 6.08. The fourth-order valence-electron chi connectivity index (χ4n) is 2.17. The van der Waals surface area contributed by atoms with Crippen molar-refractivity contribution in [1.29, 1.82) is 0 Å². The molecule has 1 saturated heterocycles. The van der Waals surface area contributed by atoms with Gasteiger partial charge >= 0.3 is 0 Å². The van der Waals surface area contributed by atoms with E-state index in [9.17, 15) is 9.90 Å². The number of rotatable bonds is 2. The minimum Gasteiger partial charge on any atom is -0.396 e. The Morgan fingerprint density at radius 2 is 2.28 bits per heavy atom. The lowest BCUT2D eigenvalue weighted by atomic mass is 10.1. The zero-order valence-corrected chi connectivity index (χ0v) is 10.5. The van der Waals surface area contributed by atoms with E-state index >= 15 is 0 Å². The highest BCUT2D eigenvalue weighted by atomic mass is 16.3. The molecule has 0 aliphatic carbocycles. The Labute approximate surface area is 106 Å². The number of aromatic nitrogens is 2. The summed E-state index contributed by atoms with van der Waals surface area (Å²) < 4.78 is 0. The lowest BCUT2D eigenvalue weighted by Crippen LogP contribution is -2.35. The lowest BCUT2D eigenvalue weighted by molar-refractivity contribution is -0.129. The van der Waals surface area contributed by atoms with Crippen LogP contribution >= 0.6 is 0 Å². The van der Waals surface area contributed by atoms with Crippen molar-refractivity contribution in [3.05, 3.63) is 18.6 Å². The highest BCUT2D eigenvalue weighted by Gasteiger charge is 2.24. The molecule has 0 spiro atoms. The fraction of sp³-hybridized carbons (Fsp3) is 0.583. The molecule has 98 valence electrons. The van der Waals surface area contributed by atoms with Crippen molar-refractivity contribution in [1.82, 2.24) is 14.9 Å². The van der Waals surface area contributed by atoms with E-state index in [0.29, 0.717) is 19.6 Å². The number of aliphatic hydroxyl groups is 1. The topological polar surface area (TPSA) is 69.6 Å². The largest absolute Gasteiger partial charge is 0.396 e. The van der Waals surface area contributed by atoms with Gasteiger partial charge in [0, 0.05) is 58.0 Å². The molecule has 1 atom stereocenters. The van der Waals surface area contributed by atoms with Crippen molar-refractivity contribution in [2.24, 2.45) is 5.92 Å². The third kappa shape index (κ3) is 2.95. The van der Waals surface area contributed by atoms with Gasteiger partial charge in [-0.1, -0.05) is 0 Å². The SMILES string of the molecule is CC(=O)N1CCN(c2cnccn2)C[C@H](CO)C1. The molecule has 2 rings (SSSR count). The fourth-order valence-corrected chi connectivity index (χ4v) is 2.17. The van der Waals surface area contributed by atoms with Crippen molar-refractivity contribution in [2.45, 2.75) is 6.92 Å². The summed E-state index contributed by atoms with van der Waals surface area (Å²) >= 11 is 0. The van der Waals surface area contributed by atoms with Crippen LogP contribution in [0, 0.1) is 5.92 Å². The molecule has 0 bridgehead atoms. The molecule has 6 nitrogen and oxygen atoms in total. The molecule has 0 unspecified atom stereocenters. The van der Waals surface area contributed by atoms with Crippen molar-refractivity contribution in [2.75, 3.05) is 37.7 Å². The molecule has 1 aliphatic rings. The summed E-state index contributed by atoms with van der Waals surface area (Å²) in [7, 11) is 0. The second-order valence-electron chi connectivity index (χ2n) is 4.52. The Bertz CT molecular complexity index is 398. The zero-order chi connectivity index (χ0) is 13.0. The van der Waals surface area contributed by atoms with Gasteiger partial charge in [-0.05, 0) is 0 Å². The predicted octanol–water partition coefficient (Wildman–Crippen LogP) is -0.246. The molecule has 2 heterocycles. The number of amides is 1. The summed E-state index contributed by atoms with van der Waals surface area (Å²) in [5.41, 5.74) is 0. The maximum atomic E-state index is 11.5. The van der Waals surface area contributed by atoms with Crippen molar-refractivity contribution in [3.8, 4) is 0 Å². The zero-order valence-electron chi connectivity index (χ0n) is 10.5. The van der Waals surface area contributed by atoms with Crippen LogP contribution in [0.25, 0.3) is 0 Å². The Kier molecular flexibility index (Phi) is 4.09. The number of carbonyl (C=O) groups is 1. The van der Waals surface area contributed by atoms with E-state index < -0.39 is 0 Å². The molecule has 0 aromatic carbocycles. The molecule has 1 N–H and O–H groups in total. The van der Waals surface area contributed by atoms with Crippen molar-refractivity contribution in [3.63, 3.8) is 0 Å². The van der Waals surface area contributed by atoms with Crippen LogP contribution in [0.4, 0.5) is 5.82 Å². The number of hydrogen-bond acceptors (Lipinski definition) is 5. The smallest absolute Gasteiger partial charge is 0.219 e. The number of hydrogen-bond donors (Lipinski definition) is 1. The second-order valence-corrected chi connectivity index (χ2v) is 4.52. The normalized spacial score (nSPS) is 20.7. The van der Waals surface area contributed by atoms with E-state index in [0.717, 1.165) is 12.4 Å². The minimum absolute atomic E-state index is 0.0504. The molecule has 1 aliphatic heterocycles. The van der Waals surface area contributed by atoms with E-state index in [1.165, 1.54) is 0 Å². The Balaban J connectivity index is 2.12. The van der Waals surface area contributed by atoms with E-state index in [1.807, 2.05) is 0 Å². The van der Waals surface area contributed by atoms with Crippen LogP contribution in [0.3, 0.4) is 0 Å². The summed E-state index contributed by atoms with van der Waals surface area (Å²) in [5.74, 6) is 0.897. The highest BCUT2D eigenvalue weighted by molar-refractivity contribution is 5.73. The molecular formula is C12H18N4O2. The third-order valence-corrected chi connectivity index (χ3v) is 3.17. The summed E-state index contributed by atoms with van der Waals surface area (Å²) in [6.07, 6.45) is 4.99. The molecular weight excluding hydrogens is 232 g/mol. The molecule has 1 aromatic rings. The van der Waals surface area contributed by atoms with Crippen molar-refractivity contribution < 1.29 is 9.90 Å². The third-order valence-electron chi connectivity index (χ3n) is 3.17. The Hall–Kier alpha value is -1.69. The summed E-state index contributed by atoms with van der Waals surface area (Å²) in [6, 6.07) is 0. The van der Waals surface area contributed by atoms with Crippen LogP contribution in [0.5, 0.6) is 0 Å². The maximum Gasteiger partial charge on any atom is 0.219 e. The van der Waals surface area contributed by atoms with Crippen LogP contribution in [0.15, 0.2) is 18.6 Å². The monoisotopic (exact) mass is 250 g/mol. The van der Waals surface area contributed by atoms with Crippen LogP contribution < -0.4 is 4.90 Å². The maximum absolute atomic E-state index is 11.5. The molecule has 0 saturated carbocycles. The Morgan fingerprint density at radius 1 is 1.44 bits per heavy atom. The van der Waals surface area contributed by atoms with Gasteiger partial charge in [-0.2, -0.15) is 0 Å². The van der Waals surface area contributed by atoms with Gasteiger partial charge in [-0.25, -0.2) is 4.98 Å². The van der Waals surface area contributed by atoms with Crippen LogP contribution in [-0.4, -0.2) is 58.7 Å². The quantitative estimate of drug-likeness (QED) is 0.784. The van der Waals surface area contributed by atoms with Gasteiger partial charge in [0.15, 0.2) is 0 Å². The van der Waals surface area contributed by atoms with Crippen LogP contribution in [0.2, 0.25) is 0 Å². The van der Waals surface area contributed by atoms with Gasteiger partial charge in [-0.3, -0.25) is 9.78 Å². The van der Waals surface area contributed by atoms with Crippen LogP contribution in [-0.2, 0) is 4.79 Å². The van der Waals surface area contributed by atoms with Crippen LogP contribution in [0.1, 0.15) is 6.92 Å².